The second-order valence-electron chi connectivity index (χ2n) is 1.08. The van der Waals surface area contributed by atoms with Crippen molar-refractivity contribution in [1.29, 1.82) is 0 Å². The monoisotopic (exact) mass is 152 g/mol. The molecule has 0 atom stereocenters. The van der Waals surface area contributed by atoms with Gasteiger partial charge in [-0.3, -0.25) is 0 Å². The van der Waals surface area contributed by atoms with Gasteiger partial charge < -0.3 is 6.15 Å². The van der Waals surface area contributed by atoms with Crippen molar-refractivity contribution in [2.45, 2.75) is 0 Å². The third-order valence-corrected chi connectivity index (χ3v) is 0.607. The Labute approximate surface area is 59.9 Å². The molecule has 0 aliphatic rings. The van der Waals surface area contributed by atoms with Crippen LogP contribution in [0.25, 0.3) is 6.15 Å². The van der Waals surface area contributed by atoms with E-state index in [1.807, 2.05) is 30.3 Å². The maximum absolute atomic E-state index is 2.89. The van der Waals surface area contributed by atoms with Gasteiger partial charge in [0.05, 0.1) is 0 Å². The third kappa shape index (κ3) is 3.86. The van der Waals surface area contributed by atoms with Crippen LogP contribution in [0.5, 0.6) is 0 Å². The maximum atomic E-state index is 2.89. The van der Waals surface area contributed by atoms with Gasteiger partial charge in [-0.25, -0.2) is 0 Å². The van der Waals surface area contributed by atoms with Gasteiger partial charge in [0.25, 0.3) is 0 Å². The molecule has 8 heavy (non-hydrogen) atoms. The summed E-state index contributed by atoms with van der Waals surface area (Å²) in [6.45, 7) is 0. The van der Waals surface area contributed by atoms with Crippen molar-refractivity contribution in [3.8, 4) is 0 Å². The first kappa shape index (κ1) is 10.6. The van der Waals surface area contributed by atoms with E-state index in [0.717, 1.165) is 0 Å². The smallest absolute Gasteiger partial charge is 0.693 e. The Kier molecular flexibility index (Phi) is 8.88. The molecule has 45 valence electrons. The first-order valence-corrected chi connectivity index (χ1v) is 1.91. The van der Waals surface area contributed by atoms with Crippen LogP contribution in [-0.4, -0.2) is 0 Å². The van der Waals surface area contributed by atoms with E-state index in [-0.39, 0.29) is 22.9 Å². The van der Waals surface area contributed by atoms with Crippen molar-refractivity contribution >= 4 is 0 Å². The average Bonchev–Trinajstić information content (AvgIpc) is 1.72. The van der Waals surface area contributed by atoms with E-state index >= 15 is 0 Å². The van der Waals surface area contributed by atoms with Crippen LogP contribution in [0, 0.1) is 6.07 Å². The number of rotatable bonds is 0. The van der Waals surface area contributed by atoms with Crippen LogP contribution < -0.4 is 0 Å². The summed E-state index contributed by atoms with van der Waals surface area (Å²) in [6.07, 6.45) is 0. The van der Waals surface area contributed by atoms with Crippen LogP contribution in [0.2, 0.25) is 0 Å². The molecule has 1 aromatic carbocycles. The standard InChI is InChI=1S/C6H5.Co.H2N/c1-2-4-6-5-3-1;;/h1-5H;;1H2/q-1;+2;-1. The zero-order valence-electron chi connectivity index (χ0n) is 4.30. The number of hydrogen-bond acceptors (Lipinski definition) is 0. The van der Waals surface area contributed by atoms with Crippen molar-refractivity contribution in [1.82, 2.24) is 0 Å². The Hall–Kier alpha value is -0.314. The molecule has 0 heterocycles. The molecule has 0 spiro atoms. The van der Waals surface area contributed by atoms with Gasteiger partial charge >= 0.3 is 16.8 Å². The van der Waals surface area contributed by atoms with Gasteiger partial charge in [0.15, 0.2) is 0 Å². The number of hydrogen-bond donors (Lipinski definition) is 0. The molecule has 0 saturated heterocycles. The minimum Gasteiger partial charge on any atom is -0.693 e. The largest absolute Gasteiger partial charge is 2.00 e. The maximum Gasteiger partial charge on any atom is 2.00 e. The van der Waals surface area contributed by atoms with Crippen molar-refractivity contribution < 1.29 is 16.8 Å². The third-order valence-electron chi connectivity index (χ3n) is 0.607. The quantitative estimate of drug-likeness (QED) is 0.510. The molecule has 0 bridgehead atoms. The van der Waals surface area contributed by atoms with E-state index in [1.54, 1.807) is 0 Å². The Morgan fingerprint density at radius 2 is 1.38 bits per heavy atom. The number of benzene rings is 1. The molecule has 0 saturated carbocycles. The molecule has 0 amide bonds. The zero-order chi connectivity index (χ0) is 4.24. The fourth-order valence-corrected chi connectivity index (χ4v) is 0.342. The van der Waals surface area contributed by atoms with Crippen molar-refractivity contribution in [2.24, 2.45) is 0 Å². The summed E-state index contributed by atoms with van der Waals surface area (Å²) in [4.78, 5) is 0. The summed E-state index contributed by atoms with van der Waals surface area (Å²) < 4.78 is 0. The fourth-order valence-electron chi connectivity index (χ4n) is 0.342. The van der Waals surface area contributed by atoms with E-state index < -0.39 is 0 Å². The molecule has 0 aliphatic carbocycles. The van der Waals surface area contributed by atoms with E-state index in [9.17, 15) is 0 Å². The van der Waals surface area contributed by atoms with Crippen LogP contribution in [0.1, 0.15) is 0 Å². The van der Waals surface area contributed by atoms with Crippen LogP contribution in [0.3, 0.4) is 0 Å². The fraction of sp³-hybridized carbons (Fsp3) is 0. The minimum atomic E-state index is 0. The minimum absolute atomic E-state index is 0. The molecule has 1 aromatic rings. The van der Waals surface area contributed by atoms with E-state index in [1.165, 1.54) is 0 Å². The summed E-state index contributed by atoms with van der Waals surface area (Å²) in [5, 5.41) is 0. The van der Waals surface area contributed by atoms with Gasteiger partial charge in [-0.1, -0.05) is 0 Å². The van der Waals surface area contributed by atoms with Crippen molar-refractivity contribution in [2.75, 3.05) is 0 Å². The molecule has 0 aromatic heterocycles. The molecule has 1 radical (unpaired) electrons. The molecular weight excluding hydrogens is 145 g/mol. The molecule has 1 rings (SSSR count). The van der Waals surface area contributed by atoms with Gasteiger partial charge in [0.2, 0.25) is 0 Å². The van der Waals surface area contributed by atoms with Crippen LogP contribution in [0.4, 0.5) is 0 Å². The normalized spacial score (nSPS) is 6.00. The van der Waals surface area contributed by atoms with Crippen LogP contribution in [-0.2, 0) is 16.8 Å². The van der Waals surface area contributed by atoms with Crippen LogP contribution >= 0.6 is 0 Å². The van der Waals surface area contributed by atoms with Gasteiger partial charge in [0, 0.05) is 0 Å². The summed E-state index contributed by atoms with van der Waals surface area (Å²) in [6, 6.07) is 12.5. The Bertz CT molecular complexity index is 80.5. The zero-order valence-corrected chi connectivity index (χ0v) is 5.34. The van der Waals surface area contributed by atoms with E-state index in [4.69, 9.17) is 0 Å². The Balaban J connectivity index is 0. The molecule has 0 unspecified atom stereocenters. The number of nitrogens with two attached hydrogens (primary N) is 1. The molecule has 2 heteroatoms. The Morgan fingerprint density at radius 1 is 0.875 bits per heavy atom. The van der Waals surface area contributed by atoms with Crippen LogP contribution in [0.15, 0.2) is 30.3 Å². The SMILES string of the molecule is [Co+2].[NH2-].[c-]1ccccc1. The molecule has 1 nitrogen and oxygen atoms in total. The van der Waals surface area contributed by atoms with Gasteiger partial charge in [-0.05, 0) is 0 Å². The summed E-state index contributed by atoms with van der Waals surface area (Å²) in [5.74, 6) is 0. The van der Waals surface area contributed by atoms with Crippen molar-refractivity contribution in [3.05, 3.63) is 42.5 Å². The van der Waals surface area contributed by atoms with Crippen molar-refractivity contribution in [3.63, 3.8) is 0 Å². The van der Waals surface area contributed by atoms with Gasteiger partial charge in [-0.15, -0.1) is 0 Å². The van der Waals surface area contributed by atoms with Gasteiger partial charge in [0.1, 0.15) is 0 Å². The average molecular weight is 152 g/mol. The van der Waals surface area contributed by atoms with E-state index in [0.29, 0.717) is 0 Å². The summed E-state index contributed by atoms with van der Waals surface area (Å²) >= 11 is 0. The van der Waals surface area contributed by atoms with Gasteiger partial charge in [-0.2, -0.15) is 36.4 Å². The first-order valence-electron chi connectivity index (χ1n) is 1.91. The molecule has 2 N–H and O–H groups in total. The second-order valence-corrected chi connectivity index (χ2v) is 1.08. The molecule has 0 aliphatic heterocycles. The van der Waals surface area contributed by atoms with E-state index in [2.05, 4.69) is 6.07 Å². The second kappa shape index (κ2) is 6.69. The Morgan fingerprint density at radius 3 is 1.50 bits per heavy atom. The predicted octanol–water partition coefficient (Wildman–Crippen LogP) is 2.20. The molecular formula is C6H7CoN. The summed E-state index contributed by atoms with van der Waals surface area (Å²) in [7, 11) is 0. The predicted molar refractivity (Wildman–Crippen MR) is 30.6 cm³/mol. The topological polar surface area (TPSA) is 33.5 Å². The summed E-state index contributed by atoms with van der Waals surface area (Å²) in [5.41, 5.74) is 0. The molecule has 0 fully saturated rings. The first-order chi connectivity index (χ1) is 3.00.